The molecule has 1 aliphatic heterocycles. The molecule has 0 radical (unpaired) electrons. The molecule has 2 aliphatic rings. The van der Waals surface area contributed by atoms with Gasteiger partial charge in [-0.1, -0.05) is 13.8 Å². The predicted octanol–water partition coefficient (Wildman–Crippen LogP) is 1.41. The maximum atomic E-state index is 11.5. The first kappa shape index (κ1) is 9.20. The number of hydrogen-bond donors (Lipinski definition) is 0. The summed E-state index contributed by atoms with van der Waals surface area (Å²) in [4.78, 5) is 13.9. The summed E-state index contributed by atoms with van der Waals surface area (Å²) in [5.74, 6) is 3.15. The van der Waals surface area contributed by atoms with E-state index >= 15 is 0 Å². The minimum atomic E-state index is 0.235. The van der Waals surface area contributed by atoms with E-state index in [0.29, 0.717) is 5.78 Å². The Hall–Kier alpha value is -0.370. The molecule has 0 unspecified atom stereocenters. The third-order valence-electron chi connectivity index (χ3n) is 3.63. The van der Waals surface area contributed by atoms with Crippen molar-refractivity contribution < 1.29 is 4.79 Å². The van der Waals surface area contributed by atoms with Gasteiger partial charge in [0.25, 0.3) is 0 Å². The van der Waals surface area contributed by atoms with E-state index in [1.807, 2.05) is 13.8 Å². The third kappa shape index (κ3) is 1.64. The predicted molar refractivity (Wildman–Crippen MR) is 52.4 cm³/mol. The molecule has 0 N–H and O–H groups in total. The molecule has 2 heteroatoms. The summed E-state index contributed by atoms with van der Waals surface area (Å²) in [5, 5.41) is 0. The number of hydrogen-bond acceptors (Lipinski definition) is 2. The fraction of sp³-hybridized carbons (Fsp3) is 0.909. The molecule has 0 bridgehead atoms. The second-order valence-corrected chi connectivity index (χ2v) is 5.04. The maximum absolute atomic E-state index is 11.5. The van der Waals surface area contributed by atoms with Gasteiger partial charge in [-0.3, -0.25) is 4.79 Å². The first-order chi connectivity index (χ1) is 6.09. The highest BCUT2D eigenvalue weighted by Gasteiger charge is 2.54. The summed E-state index contributed by atoms with van der Waals surface area (Å²) in [7, 11) is 2.17. The second-order valence-electron chi connectivity index (χ2n) is 5.04. The Labute approximate surface area is 80.3 Å². The summed E-state index contributed by atoms with van der Waals surface area (Å²) < 4.78 is 0. The van der Waals surface area contributed by atoms with Crippen molar-refractivity contribution in [3.05, 3.63) is 0 Å². The third-order valence-corrected chi connectivity index (χ3v) is 3.63. The van der Waals surface area contributed by atoms with Crippen LogP contribution in [0.4, 0.5) is 0 Å². The van der Waals surface area contributed by atoms with Crippen LogP contribution in [0.5, 0.6) is 0 Å². The van der Waals surface area contributed by atoms with E-state index in [1.165, 1.54) is 13.1 Å². The van der Waals surface area contributed by atoms with E-state index in [0.717, 1.165) is 24.2 Å². The van der Waals surface area contributed by atoms with Crippen LogP contribution in [0.25, 0.3) is 0 Å². The van der Waals surface area contributed by atoms with Crippen molar-refractivity contribution in [1.29, 1.82) is 0 Å². The van der Waals surface area contributed by atoms with Crippen LogP contribution in [0, 0.1) is 23.7 Å². The molecule has 1 heterocycles. The largest absolute Gasteiger partial charge is 0.306 e. The number of likely N-dealkylation sites (tertiary alicyclic amines) is 1. The summed E-state index contributed by atoms with van der Waals surface area (Å²) in [6, 6.07) is 0. The van der Waals surface area contributed by atoms with Crippen LogP contribution >= 0.6 is 0 Å². The van der Waals surface area contributed by atoms with Gasteiger partial charge in [-0.25, -0.2) is 0 Å². The van der Waals surface area contributed by atoms with Crippen molar-refractivity contribution in [3.63, 3.8) is 0 Å². The van der Waals surface area contributed by atoms with Crippen LogP contribution in [-0.4, -0.2) is 30.8 Å². The Morgan fingerprint density at radius 2 is 1.92 bits per heavy atom. The fourth-order valence-corrected chi connectivity index (χ4v) is 2.63. The molecule has 0 aromatic rings. The molecule has 1 saturated heterocycles. The van der Waals surface area contributed by atoms with Gasteiger partial charge in [0.2, 0.25) is 0 Å². The van der Waals surface area contributed by atoms with Crippen LogP contribution in [0.2, 0.25) is 0 Å². The number of carbonyl (C=O) groups excluding carboxylic acids is 1. The molecule has 1 aliphatic carbocycles. The van der Waals surface area contributed by atoms with Gasteiger partial charge < -0.3 is 4.90 Å². The molecule has 2 fully saturated rings. The zero-order valence-electron chi connectivity index (χ0n) is 8.79. The van der Waals surface area contributed by atoms with E-state index in [9.17, 15) is 4.79 Å². The first-order valence-electron chi connectivity index (χ1n) is 5.31. The van der Waals surface area contributed by atoms with Crippen LogP contribution in [0.15, 0.2) is 0 Å². The van der Waals surface area contributed by atoms with E-state index in [-0.39, 0.29) is 5.92 Å². The van der Waals surface area contributed by atoms with Gasteiger partial charge in [-0.05, 0) is 24.8 Å². The Bertz CT molecular complexity index is 212. The summed E-state index contributed by atoms with van der Waals surface area (Å²) in [6.45, 7) is 6.46. The molecule has 0 aromatic heterocycles. The van der Waals surface area contributed by atoms with Crippen molar-refractivity contribution in [2.24, 2.45) is 23.7 Å². The van der Waals surface area contributed by atoms with Gasteiger partial charge >= 0.3 is 0 Å². The van der Waals surface area contributed by atoms with Crippen molar-refractivity contribution in [2.75, 3.05) is 20.1 Å². The maximum Gasteiger partial charge on any atom is 0.135 e. The van der Waals surface area contributed by atoms with Crippen molar-refractivity contribution in [3.8, 4) is 0 Å². The van der Waals surface area contributed by atoms with Gasteiger partial charge in [0, 0.05) is 25.4 Å². The van der Waals surface area contributed by atoms with Crippen molar-refractivity contribution >= 4 is 5.78 Å². The Morgan fingerprint density at radius 3 is 2.38 bits per heavy atom. The Balaban J connectivity index is 1.79. The molecular formula is C11H19NO. The van der Waals surface area contributed by atoms with E-state index in [4.69, 9.17) is 0 Å². The van der Waals surface area contributed by atoms with E-state index in [1.54, 1.807) is 0 Å². The number of carbonyl (C=O) groups is 1. The molecule has 0 amide bonds. The minimum absolute atomic E-state index is 0.235. The Morgan fingerprint density at radius 1 is 1.38 bits per heavy atom. The number of piperidine rings is 1. The second kappa shape index (κ2) is 3.09. The van der Waals surface area contributed by atoms with E-state index in [2.05, 4.69) is 11.9 Å². The van der Waals surface area contributed by atoms with Gasteiger partial charge in [0.05, 0.1) is 0 Å². The number of rotatable bonds is 3. The molecule has 0 spiro atoms. The number of nitrogens with zero attached hydrogens (tertiary/aromatic N) is 1. The normalized spacial score (nSPS) is 38.0. The highest BCUT2D eigenvalue weighted by Crippen LogP contribution is 2.53. The van der Waals surface area contributed by atoms with Crippen molar-refractivity contribution in [2.45, 2.75) is 20.3 Å². The van der Waals surface area contributed by atoms with Crippen LogP contribution in [0.3, 0.4) is 0 Å². The SMILES string of the molecule is CC(C)C(=O)C[C@@H]1[C@H]2CN(C)C[C@@H]12. The van der Waals surface area contributed by atoms with Crippen LogP contribution in [-0.2, 0) is 4.79 Å². The van der Waals surface area contributed by atoms with Gasteiger partial charge in [-0.15, -0.1) is 0 Å². The van der Waals surface area contributed by atoms with Crippen LogP contribution in [0.1, 0.15) is 20.3 Å². The van der Waals surface area contributed by atoms with Gasteiger partial charge in [0.1, 0.15) is 5.78 Å². The molecule has 2 nitrogen and oxygen atoms in total. The summed E-state index contributed by atoms with van der Waals surface area (Å²) in [6.07, 6.45) is 0.848. The molecule has 0 aromatic carbocycles. The monoisotopic (exact) mass is 181 g/mol. The number of ketones is 1. The highest BCUT2D eigenvalue weighted by molar-refractivity contribution is 5.80. The molecule has 13 heavy (non-hydrogen) atoms. The Kier molecular flexibility index (Phi) is 2.18. The lowest BCUT2D eigenvalue weighted by Gasteiger charge is -2.12. The first-order valence-corrected chi connectivity index (χ1v) is 5.31. The lowest BCUT2D eigenvalue weighted by Crippen LogP contribution is -2.20. The fourth-order valence-electron chi connectivity index (χ4n) is 2.63. The van der Waals surface area contributed by atoms with Gasteiger partial charge in [0.15, 0.2) is 0 Å². The zero-order chi connectivity index (χ0) is 9.59. The molecule has 2 rings (SSSR count). The minimum Gasteiger partial charge on any atom is -0.306 e. The molecule has 1 saturated carbocycles. The summed E-state index contributed by atoms with van der Waals surface area (Å²) >= 11 is 0. The zero-order valence-corrected chi connectivity index (χ0v) is 8.79. The number of fused-ring (bicyclic) bond motifs is 1. The van der Waals surface area contributed by atoms with Crippen molar-refractivity contribution in [1.82, 2.24) is 4.90 Å². The molecule has 3 atom stereocenters. The molecule has 74 valence electrons. The summed E-state index contributed by atoms with van der Waals surface area (Å²) in [5.41, 5.74) is 0. The highest BCUT2D eigenvalue weighted by atomic mass is 16.1. The topological polar surface area (TPSA) is 20.3 Å². The standard InChI is InChI=1S/C11H19NO/c1-7(2)11(13)4-8-9-5-12(3)6-10(8)9/h7-10H,4-6H2,1-3H3/t8-,9-,10+. The average Bonchev–Trinajstić information content (AvgIpc) is 2.54. The lowest BCUT2D eigenvalue weighted by atomic mass is 10.0. The van der Waals surface area contributed by atoms with Gasteiger partial charge in [-0.2, -0.15) is 0 Å². The lowest BCUT2D eigenvalue weighted by molar-refractivity contribution is -0.122. The molecular weight excluding hydrogens is 162 g/mol. The van der Waals surface area contributed by atoms with Crippen LogP contribution < -0.4 is 0 Å². The quantitative estimate of drug-likeness (QED) is 0.656. The smallest absolute Gasteiger partial charge is 0.135 e. The van der Waals surface area contributed by atoms with E-state index < -0.39 is 0 Å². The average molecular weight is 181 g/mol. The number of Topliss-reactive ketones (excluding diaryl/α,β-unsaturated/α-hetero) is 1.